The number of aliphatic hydroxyl groups is 1. The summed E-state index contributed by atoms with van der Waals surface area (Å²) >= 11 is 6.91. The van der Waals surface area contributed by atoms with Crippen LogP contribution in [0.2, 0.25) is 5.15 Å². The topological polar surface area (TPSA) is 89.2 Å². The minimum Gasteiger partial charge on any atom is -0.391 e. The van der Waals surface area contributed by atoms with E-state index >= 15 is 0 Å². The number of hydrogen-bond acceptors (Lipinski definition) is 6. The Balaban J connectivity index is 2.42. The van der Waals surface area contributed by atoms with Crippen molar-refractivity contribution in [1.82, 2.24) is 9.97 Å². The minimum atomic E-state index is -0.469. The zero-order valence-corrected chi connectivity index (χ0v) is 11.1. The third-order valence-corrected chi connectivity index (χ3v) is 3.72. The van der Waals surface area contributed by atoms with Crippen molar-refractivity contribution in [2.75, 3.05) is 0 Å². The maximum Gasteiger partial charge on any atom is 0.283 e. The third-order valence-electron chi connectivity index (χ3n) is 2.28. The van der Waals surface area contributed by atoms with E-state index in [1.807, 2.05) is 0 Å². The van der Waals surface area contributed by atoms with Gasteiger partial charge in [-0.1, -0.05) is 35.5 Å². The molecule has 0 fully saturated rings. The molecule has 1 aromatic heterocycles. The molecule has 0 radical (unpaired) electrons. The van der Waals surface area contributed by atoms with Crippen molar-refractivity contribution in [3.8, 4) is 0 Å². The summed E-state index contributed by atoms with van der Waals surface area (Å²) in [4.78, 5) is 18.6. The van der Waals surface area contributed by atoms with Gasteiger partial charge in [0.2, 0.25) is 0 Å². The Bertz CT molecular complexity index is 624. The fourth-order valence-electron chi connectivity index (χ4n) is 1.40. The lowest BCUT2D eigenvalue weighted by atomic mass is 10.3. The van der Waals surface area contributed by atoms with Crippen LogP contribution in [-0.4, -0.2) is 20.0 Å². The first-order chi connectivity index (χ1) is 9.13. The predicted octanol–water partition coefficient (Wildman–Crippen LogP) is 2.68. The number of halogens is 1. The Morgan fingerprint density at radius 1 is 1.37 bits per heavy atom. The lowest BCUT2D eigenvalue weighted by Crippen LogP contribution is -1.96. The van der Waals surface area contributed by atoms with Crippen LogP contribution in [0, 0.1) is 10.1 Å². The highest BCUT2D eigenvalue weighted by Crippen LogP contribution is 2.36. The van der Waals surface area contributed by atoms with E-state index in [0.29, 0.717) is 15.5 Å². The summed E-state index contributed by atoms with van der Waals surface area (Å²) in [7, 11) is 0. The van der Waals surface area contributed by atoms with E-state index in [0.717, 1.165) is 11.8 Å². The highest BCUT2D eigenvalue weighted by molar-refractivity contribution is 7.99. The van der Waals surface area contributed by atoms with Crippen molar-refractivity contribution in [2.45, 2.75) is 16.5 Å². The van der Waals surface area contributed by atoms with Crippen LogP contribution in [0.15, 0.2) is 40.5 Å². The van der Waals surface area contributed by atoms with Gasteiger partial charge in [-0.2, -0.15) is 0 Å². The van der Waals surface area contributed by atoms with Gasteiger partial charge >= 0.3 is 0 Å². The van der Waals surface area contributed by atoms with Gasteiger partial charge in [0, 0.05) is 11.6 Å². The molecule has 0 aliphatic carbocycles. The van der Waals surface area contributed by atoms with Crippen LogP contribution < -0.4 is 0 Å². The van der Waals surface area contributed by atoms with Crippen molar-refractivity contribution in [1.29, 1.82) is 0 Å². The van der Waals surface area contributed by atoms with E-state index in [9.17, 15) is 15.2 Å². The number of benzene rings is 1. The van der Waals surface area contributed by atoms with Crippen LogP contribution in [0.5, 0.6) is 0 Å². The maximum absolute atomic E-state index is 10.9. The molecule has 0 aliphatic heterocycles. The molecule has 0 saturated carbocycles. The minimum absolute atomic E-state index is 0.0221. The Kier molecular flexibility index (Phi) is 4.31. The van der Waals surface area contributed by atoms with E-state index in [2.05, 4.69) is 9.97 Å². The second-order valence-corrected chi connectivity index (χ2v) is 4.82. The summed E-state index contributed by atoms with van der Waals surface area (Å²) in [5.74, 6) is 0. The third kappa shape index (κ3) is 3.01. The number of nitro groups is 1. The van der Waals surface area contributed by atoms with Crippen LogP contribution in [0.1, 0.15) is 5.56 Å². The zero-order chi connectivity index (χ0) is 13.8. The number of rotatable bonds is 4. The molecule has 98 valence electrons. The molecular formula is C11H8ClN3O3S. The fraction of sp³-hybridized carbons (Fsp3) is 0.0909. The van der Waals surface area contributed by atoms with Gasteiger partial charge < -0.3 is 5.11 Å². The van der Waals surface area contributed by atoms with Crippen LogP contribution in [-0.2, 0) is 6.61 Å². The maximum atomic E-state index is 10.9. The fourth-order valence-corrected chi connectivity index (χ4v) is 2.63. The highest BCUT2D eigenvalue weighted by atomic mass is 35.5. The number of hydrogen-bond donors (Lipinski definition) is 1. The molecule has 1 heterocycles. The van der Waals surface area contributed by atoms with Gasteiger partial charge in [0.25, 0.3) is 5.69 Å². The molecule has 0 bridgehead atoms. The van der Waals surface area contributed by atoms with Gasteiger partial charge in [-0.25, -0.2) is 9.97 Å². The predicted molar refractivity (Wildman–Crippen MR) is 70.2 cm³/mol. The molecular weight excluding hydrogens is 290 g/mol. The molecule has 0 amide bonds. The summed E-state index contributed by atoms with van der Waals surface area (Å²) in [5.41, 5.74) is 0.332. The van der Waals surface area contributed by atoms with Crippen LogP contribution >= 0.6 is 23.4 Å². The second-order valence-electron chi connectivity index (χ2n) is 3.43. The molecule has 6 nitrogen and oxygen atoms in total. The number of para-hydroxylation sites is 1. The molecule has 1 aromatic carbocycles. The average molecular weight is 298 g/mol. The Hall–Kier alpha value is -1.70. The van der Waals surface area contributed by atoms with Gasteiger partial charge in [-0.15, -0.1) is 0 Å². The van der Waals surface area contributed by atoms with E-state index < -0.39 is 4.92 Å². The van der Waals surface area contributed by atoms with E-state index in [1.54, 1.807) is 18.2 Å². The summed E-state index contributed by atoms with van der Waals surface area (Å²) < 4.78 is 0. The van der Waals surface area contributed by atoms with Crippen LogP contribution in [0.3, 0.4) is 0 Å². The first-order valence-corrected chi connectivity index (χ1v) is 6.34. The summed E-state index contributed by atoms with van der Waals surface area (Å²) in [5, 5.41) is 20.7. The molecule has 0 saturated heterocycles. The van der Waals surface area contributed by atoms with Crippen LogP contribution in [0.25, 0.3) is 0 Å². The molecule has 2 rings (SSSR count). The summed E-state index contributed by atoms with van der Waals surface area (Å²) in [6.45, 7) is -0.331. The van der Waals surface area contributed by atoms with Gasteiger partial charge in [-0.05, 0) is 6.07 Å². The number of nitrogens with zero attached hydrogens (tertiary/aromatic N) is 3. The molecule has 19 heavy (non-hydrogen) atoms. The molecule has 1 N–H and O–H groups in total. The largest absolute Gasteiger partial charge is 0.391 e. The smallest absolute Gasteiger partial charge is 0.283 e. The van der Waals surface area contributed by atoms with Crippen molar-refractivity contribution >= 4 is 29.1 Å². The first-order valence-electron chi connectivity index (χ1n) is 5.15. The number of nitro benzene ring substituents is 1. The van der Waals surface area contributed by atoms with Crippen molar-refractivity contribution in [2.24, 2.45) is 0 Å². The zero-order valence-electron chi connectivity index (χ0n) is 9.49. The monoisotopic (exact) mass is 297 g/mol. The van der Waals surface area contributed by atoms with Crippen molar-refractivity contribution in [3.63, 3.8) is 0 Å². The molecule has 0 atom stereocenters. The van der Waals surface area contributed by atoms with E-state index in [-0.39, 0.29) is 17.4 Å². The summed E-state index contributed by atoms with van der Waals surface area (Å²) in [6.07, 6.45) is 1.25. The normalized spacial score (nSPS) is 10.4. The van der Waals surface area contributed by atoms with Crippen LogP contribution in [0.4, 0.5) is 5.69 Å². The Labute approximate surface area is 117 Å². The molecule has 0 unspecified atom stereocenters. The molecule has 0 aliphatic rings. The molecule has 8 heteroatoms. The van der Waals surface area contributed by atoms with Crippen molar-refractivity contribution in [3.05, 3.63) is 51.4 Å². The number of aliphatic hydroxyl groups excluding tert-OH is 1. The quantitative estimate of drug-likeness (QED) is 0.530. The van der Waals surface area contributed by atoms with Gasteiger partial charge in [0.05, 0.1) is 16.4 Å². The van der Waals surface area contributed by atoms with Gasteiger partial charge in [0.1, 0.15) is 16.5 Å². The average Bonchev–Trinajstić information content (AvgIpc) is 2.39. The lowest BCUT2D eigenvalue weighted by molar-refractivity contribution is -0.387. The van der Waals surface area contributed by atoms with Gasteiger partial charge in [0.15, 0.2) is 0 Å². The molecule has 0 spiro atoms. The second kappa shape index (κ2) is 5.96. The Morgan fingerprint density at radius 2 is 2.11 bits per heavy atom. The standard InChI is InChI=1S/C11H8ClN3O3S/c12-10-7(5-16)11(14-6-13-10)19-9-4-2-1-3-8(9)15(17)18/h1-4,6,16H,5H2. The van der Waals surface area contributed by atoms with E-state index in [4.69, 9.17) is 11.6 Å². The van der Waals surface area contributed by atoms with Crippen molar-refractivity contribution < 1.29 is 10.0 Å². The molecule has 2 aromatic rings. The summed E-state index contributed by atoms with van der Waals surface area (Å²) in [6, 6.07) is 6.29. The SMILES string of the molecule is O=[N+]([O-])c1ccccc1Sc1ncnc(Cl)c1CO. The lowest BCUT2D eigenvalue weighted by Gasteiger charge is -2.06. The van der Waals surface area contributed by atoms with E-state index in [1.165, 1.54) is 12.4 Å². The number of aromatic nitrogens is 2. The highest BCUT2D eigenvalue weighted by Gasteiger charge is 2.17. The Morgan fingerprint density at radius 3 is 2.79 bits per heavy atom. The van der Waals surface area contributed by atoms with Gasteiger partial charge in [-0.3, -0.25) is 10.1 Å². The first kappa shape index (κ1) is 13.7.